The van der Waals surface area contributed by atoms with Crippen molar-refractivity contribution in [2.45, 2.75) is 51.3 Å². The van der Waals surface area contributed by atoms with Gasteiger partial charge in [0.2, 0.25) is 0 Å². The lowest BCUT2D eigenvalue weighted by Gasteiger charge is -2.52. The van der Waals surface area contributed by atoms with Gasteiger partial charge in [-0.3, -0.25) is 0 Å². The van der Waals surface area contributed by atoms with E-state index in [1.165, 1.54) is 12.8 Å². The average Bonchev–Trinajstić information content (AvgIpc) is 3.03. The van der Waals surface area contributed by atoms with Crippen LogP contribution in [0.3, 0.4) is 0 Å². The molecule has 18 heavy (non-hydrogen) atoms. The van der Waals surface area contributed by atoms with Crippen molar-refractivity contribution < 1.29 is 4.74 Å². The number of aliphatic imine (C=N–C) groups is 1. The SMILES string of the molecule is CN(C(N)=NC1C2CCOC2C1(C)C)C1CC1.I. The molecule has 1 aliphatic heterocycles. The quantitative estimate of drug-likeness (QED) is 0.462. The Labute approximate surface area is 126 Å². The summed E-state index contributed by atoms with van der Waals surface area (Å²) in [5.74, 6) is 1.31. The van der Waals surface area contributed by atoms with Crippen molar-refractivity contribution in [3.05, 3.63) is 0 Å². The lowest BCUT2D eigenvalue weighted by molar-refractivity contribution is -0.0987. The van der Waals surface area contributed by atoms with Crippen LogP contribution < -0.4 is 5.73 Å². The highest BCUT2D eigenvalue weighted by atomic mass is 127. The van der Waals surface area contributed by atoms with Crippen molar-refractivity contribution >= 4 is 29.9 Å². The van der Waals surface area contributed by atoms with E-state index < -0.39 is 0 Å². The zero-order chi connectivity index (χ0) is 12.2. The van der Waals surface area contributed by atoms with Crippen molar-refractivity contribution in [2.75, 3.05) is 13.7 Å². The lowest BCUT2D eigenvalue weighted by Crippen LogP contribution is -2.59. The van der Waals surface area contributed by atoms with Gasteiger partial charge in [0, 0.05) is 31.0 Å². The molecule has 2 N–H and O–H groups in total. The Hall–Kier alpha value is -0.0400. The molecular formula is C13H24IN3O. The molecule has 0 aromatic rings. The summed E-state index contributed by atoms with van der Waals surface area (Å²) < 4.78 is 5.78. The minimum Gasteiger partial charge on any atom is -0.377 e. The summed E-state index contributed by atoms with van der Waals surface area (Å²) >= 11 is 0. The third kappa shape index (κ3) is 2.13. The van der Waals surface area contributed by atoms with Gasteiger partial charge in [-0.1, -0.05) is 13.8 Å². The van der Waals surface area contributed by atoms with Gasteiger partial charge in [0.1, 0.15) is 0 Å². The van der Waals surface area contributed by atoms with Crippen molar-refractivity contribution in [1.82, 2.24) is 4.90 Å². The third-order valence-electron chi connectivity index (χ3n) is 4.77. The Balaban J connectivity index is 0.00000120. The number of nitrogens with two attached hydrogens (primary N) is 1. The molecule has 0 bridgehead atoms. The summed E-state index contributed by atoms with van der Waals surface area (Å²) in [5, 5.41) is 0. The summed E-state index contributed by atoms with van der Waals surface area (Å²) in [7, 11) is 2.06. The number of halogens is 1. The smallest absolute Gasteiger partial charge is 0.191 e. The molecule has 2 saturated carbocycles. The minimum absolute atomic E-state index is 0. The van der Waals surface area contributed by atoms with Crippen LogP contribution in [0.4, 0.5) is 0 Å². The lowest BCUT2D eigenvalue weighted by atomic mass is 9.57. The van der Waals surface area contributed by atoms with Gasteiger partial charge < -0.3 is 15.4 Å². The molecule has 3 fully saturated rings. The first-order valence-electron chi connectivity index (χ1n) is 6.69. The van der Waals surface area contributed by atoms with Crippen LogP contribution in [0.1, 0.15) is 33.1 Å². The van der Waals surface area contributed by atoms with E-state index in [0.717, 1.165) is 19.0 Å². The van der Waals surface area contributed by atoms with Gasteiger partial charge in [-0.05, 0) is 19.3 Å². The number of ether oxygens (including phenoxy) is 1. The van der Waals surface area contributed by atoms with Crippen LogP contribution >= 0.6 is 24.0 Å². The molecule has 3 rings (SSSR count). The van der Waals surface area contributed by atoms with Gasteiger partial charge in [0.05, 0.1) is 12.1 Å². The number of guanidine groups is 1. The second-order valence-corrected chi connectivity index (χ2v) is 6.34. The van der Waals surface area contributed by atoms with Crippen molar-refractivity contribution in [3.63, 3.8) is 0 Å². The van der Waals surface area contributed by atoms with E-state index in [0.29, 0.717) is 24.1 Å². The number of fused-ring (bicyclic) bond motifs is 1. The largest absolute Gasteiger partial charge is 0.377 e. The molecule has 0 amide bonds. The van der Waals surface area contributed by atoms with Crippen LogP contribution in [0, 0.1) is 11.3 Å². The molecule has 0 radical (unpaired) electrons. The molecule has 0 aromatic carbocycles. The summed E-state index contributed by atoms with van der Waals surface area (Å²) in [6.07, 6.45) is 4.06. The molecule has 2 aliphatic carbocycles. The van der Waals surface area contributed by atoms with Gasteiger partial charge in [0.25, 0.3) is 0 Å². The van der Waals surface area contributed by atoms with E-state index in [2.05, 4.69) is 25.8 Å². The fourth-order valence-corrected chi connectivity index (χ4v) is 3.44. The van der Waals surface area contributed by atoms with Crippen molar-refractivity contribution in [2.24, 2.45) is 22.1 Å². The zero-order valence-electron chi connectivity index (χ0n) is 11.4. The Morgan fingerprint density at radius 3 is 2.61 bits per heavy atom. The standard InChI is InChI=1S/C13H23N3O.HI/c1-13(2)10(9-6-7-17-11(9)13)15-12(14)16(3)8-4-5-8;/h8-11H,4-7H2,1-3H3,(H2,14,15);1H. The number of hydrogen-bond donors (Lipinski definition) is 1. The minimum atomic E-state index is 0. The molecule has 3 unspecified atom stereocenters. The van der Waals surface area contributed by atoms with Crippen molar-refractivity contribution in [3.8, 4) is 0 Å². The van der Waals surface area contributed by atoms with Gasteiger partial charge in [0.15, 0.2) is 5.96 Å². The first kappa shape index (κ1) is 14.4. The highest BCUT2D eigenvalue weighted by Gasteiger charge is 2.59. The number of rotatable bonds is 2. The maximum Gasteiger partial charge on any atom is 0.191 e. The fraction of sp³-hybridized carbons (Fsp3) is 0.923. The Kier molecular flexibility index (Phi) is 3.84. The fourth-order valence-electron chi connectivity index (χ4n) is 3.44. The Morgan fingerprint density at radius 1 is 1.33 bits per heavy atom. The zero-order valence-corrected chi connectivity index (χ0v) is 13.8. The molecule has 3 aliphatic rings. The molecule has 104 valence electrons. The molecule has 4 nitrogen and oxygen atoms in total. The second kappa shape index (κ2) is 4.81. The van der Waals surface area contributed by atoms with E-state index in [1.54, 1.807) is 0 Å². The van der Waals surface area contributed by atoms with E-state index in [1.807, 2.05) is 0 Å². The predicted molar refractivity (Wildman–Crippen MR) is 83.2 cm³/mol. The summed E-state index contributed by atoms with van der Waals surface area (Å²) in [6, 6.07) is 0.980. The van der Waals surface area contributed by atoms with E-state index in [-0.39, 0.29) is 29.4 Å². The topological polar surface area (TPSA) is 50.8 Å². The third-order valence-corrected chi connectivity index (χ3v) is 4.77. The normalized spacial score (nSPS) is 37.5. The van der Waals surface area contributed by atoms with Crippen LogP contribution in [0.15, 0.2) is 4.99 Å². The average molecular weight is 365 g/mol. The number of nitrogens with zero attached hydrogens (tertiary/aromatic N) is 2. The molecule has 5 heteroatoms. The van der Waals surface area contributed by atoms with E-state index in [9.17, 15) is 0 Å². The van der Waals surface area contributed by atoms with E-state index in [4.69, 9.17) is 15.5 Å². The Morgan fingerprint density at radius 2 is 2.00 bits per heavy atom. The molecule has 0 aromatic heterocycles. The van der Waals surface area contributed by atoms with E-state index >= 15 is 0 Å². The van der Waals surface area contributed by atoms with Gasteiger partial charge in [-0.2, -0.15) is 0 Å². The molecule has 0 spiro atoms. The highest BCUT2D eigenvalue weighted by molar-refractivity contribution is 14.0. The monoisotopic (exact) mass is 365 g/mol. The van der Waals surface area contributed by atoms with Crippen LogP contribution in [-0.2, 0) is 4.74 Å². The predicted octanol–water partition coefficient (Wildman–Crippen LogP) is 1.83. The molecular weight excluding hydrogens is 341 g/mol. The van der Waals surface area contributed by atoms with Gasteiger partial charge >= 0.3 is 0 Å². The van der Waals surface area contributed by atoms with Crippen LogP contribution in [0.25, 0.3) is 0 Å². The molecule has 1 saturated heterocycles. The van der Waals surface area contributed by atoms with Crippen molar-refractivity contribution in [1.29, 1.82) is 0 Å². The highest BCUT2D eigenvalue weighted by Crippen LogP contribution is 2.53. The Bertz CT molecular complexity index is 354. The first-order chi connectivity index (χ1) is 8.01. The van der Waals surface area contributed by atoms with Gasteiger partial charge in [-0.15, -0.1) is 24.0 Å². The second-order valence-electron chi connectivity index (χ2n) is 6.34. The first-order valence-corrected chi connectivity index (χ1v) is 6.69. The maximum atomic E-state index is 6.11. The van der Waals surface area contributed by atoms with Gasteiger partial charge in [-0.25, -0.2) is 4.99 Å². The summed E-state index contributed by atoms with van der Waals surface area (Å²) in [5.41, 5.74) is 6.26. The summed E-state index contributed by atoms with van der Waals surface area (Å²) in [6.45, 7) is 5.39. The number of hydrogen-bond acceptors (Lipinski definition) is 2. The maximum absolute atomic E-state index is 6.11. The van der Waals surface area contributed by atoms with Crippen LogP contribution in [0.5, 0.6) is 0 Å². The van der Waals surface area contributed by atoms with Crippen LogP contribution in [0.2, 0.25) is 0 Å². The van der Waals surface area contributed by atoms with Crippen LogP contribution in [-0.4, -0.2) is 42.7 Å². The molecule has 1 heterocycles. The summed E-state index contributed by atoms with van der Waals surface area (Å²) in [4.78, 5) is 6.92. The molecule has 3 atom stereocenters.